The quantitative estimate of drug-likeness (QED) is 0.622. The highest BCUT2D eigenvalue weighted by Gasteiger charge is 2.23. The van der Waals surface area contributed by atoms with Crippen LogP contribution in [-0.2, 0) is 6.42 Å². The van der Waals surface area contributed by atoms with Crippen molar-refractivity contribution in [1.82, 2.24) is 9.97 Å². The molecule has 0 saturated heterocycles. The van der Waals surface area contributed by atoms with Gasteiger partial charge in [0.1, 0.15) is 12.1 Å². The van der Waals surface area contributed by atoms with Gasteiger partial charge in [0.05, 0.1) is 4.92 Å². The van der Waals surface area contributed by atoms with Crippen LogP contribution in [0.25, 0.3) is 0 Å². The van der Waals surface area contributed by atoms with Crippen molar-refractivity contribution in [1.29, 1.82) is 0 Å². The summed E-state index contributed by atoms with van der Waals surface area (Å²) in [6.45, 7) is -0.0611. The number of hydrogen-bond donors (Lipinski definition) is 2. The van der Waals surface area contributed by atoms with Crippen molar-refractivity contribution in [3.8, 4) is 11.6 Å². The second kappa shape index (κ2) is 5.93. The first-order valence-corrected chi connectivity index (χ1v) is 5.75. The number of aliphatic hydroxyl groups excluding tert-OH is 1. The standard InChI is InChI=1S/C12H12N4O4/c13-11-10(16(18)19)12(15-7-14-11)20-9-4-2-1-3-8(9)5-6-17/h1-4,7,17H,5-6H2,(H2,13,14,15). The van der Waals surface area contributed by atoms with E-state index < -0.39 is 10.6 Å². The molecule has 0 bridgehead atoms. The summed E-state index contributed by atoms with van der Waals surface area (Å²) in [6.07, 6.45) is 1.46. The van der Waals surface area contributed by atoms with Crippen molar-refractivity contribution in [2.75, 3.05) is 12.3 Å². The third-order valence-corrected chi connectivity index (χ3v) is 2.56. The highest BCUT2D eigenvalue weighted by Crippen LogP contribution is 2.33. The maximum Gasteiger partial charge on any atom is 0.372 e. The molecule has 0 fully saturated rings. The predicted molar refractivity (Wildman–Crippen MR) is 70.4 cm³/mol. The minimum absolute atomic E-state index is 0.0611. The molecule has 2 rings (SSSR count). The molecule has 0 unspecified atom stereocenters. The second-order valence-electron chi connectivity index (χ2n) is 3.85. The molecule has 0 saturated carbocycles. The van der Waals surface area contributed by atoms with Crippen molar-refractivity contribution in [2.24, 2.45) is 0 Å². The Morgan fingerprint density at radius 1 is 1.35 bits per heavy atom. The molecule has 0 atom stereocenters. The monoisotopic (exact) mass is 276 g/mol. The van der Waals surface area contributed by atoms with E-state index in [2.05, 4.69) is 9.97 Å². The fourth-order valence-corrected chi connectivity index (χ4v) is 1.66. The van der Waals surface area contributed by atoms with E-state index in [1.165, 1.54) is 0 Å². The number of nitrogens with two attached hydrogens (primary N) is 1. The Bertz CT molecular complexity index is 633. The van der Waals surface area contributed by atoms with Crippen LogP contribution in [0.4, 0.5) is 11.5 Å². The summed E-state index contributed by atoms with van der Waals surface area (Å²) in [4.78, 5) is 17.6. The molecule has 8 nitrogen and oxygen atoms in total. The van der Waals surface area contributed by atoms with E-state index in [4.69, 9.17) is 15.6 Å². The number of nitrogens with zero attached hydrogens (tertiary/aromatic N) is 3. The lowest BCUT2D eigenvalue weighted by Crippen LogP contribution is -2.03. The van der Waals surface area contributed by atoms with Crippen LogP contribution in [-0.4, -0.2) is 26.6 Å². The van der Waals surface area contributed by atoms with Crippen LogP contribution in [0.1, 0.15) is 5.56 Å². The molecule has 0 aliphatic heterocycles. The van der Waals surface area contributed by atoms with E-state index in [1.807, 2.05) is 0 Å². The zero-order valence-corrected chi connectivity index (χ0v) is 10.4. The highest BCUT2D eigenvalue weighted by molar-refractivity contribution is 5.59. The SMILES string of the molecule is Nc1ncnc(Oc2ccccc2CCO)c1[N+](=O)[O-]. The van der Waals surface area contributed by atoms with E-state index in [9.17, 15) is 10.1 Å². The minimum Gasteiger partial charge on any atom is -0.433 e. The predicted octanol–water partition coefficient (Wildman–Crippen LogP) is 1.29. The van der Waals surface area contributed by atoms with Crippen molar-refractivity contribution in [3.05, 3.63) is 46.3 Å². The zero-order valence-electron chi connectivity index (χ0n) is 10.4. The summed E-state index contributed by atoms with van der Waals surface area (Å²) in [5.74, 6) is -0.115. The van der Waals surface area contributed by atoms with Crippen LogP contribution in [0.15, 0.2) is 30.6 Å². The van der Waals surface area contributed by atoms with Crippen molar-refractivity contribution < 1.29 is 14.8 Å². The third kappa shape index (κ3) is 2.81. The molecule has 0 spiro atoms. The average molecular weight is 276 g/mol. The normalized spacial score (nSPS) is 10.2. The summed E-state index contributed by atoms with van der Waals surface area (Å²) < 4.78 is 5.45. The fourth-order valence-electron chi connectivity index (χ4n) is 1.66. The number of aromatic nitrogens is 2. The van der Waals surface area contributed by atoms with Gasteiger partial charge in [-0.15, -0.1) is 0 Å². The lowest BCUT2D eigenvalue weighted by Gasteiger charge is -2.09. The number of ether oxygens (including phenoxy) is 1. The molecule has 0 aliphatic rings. The van der Waals surface area contributed by atoms with Crippen molar-refractivity contribution in [2.45, 2.75) is 6.42 Å². The Kier molecular flexibility index (Phi) is 4.06. The van der Waals surface area contributed by atoms with Gasteiger partial charge >= 0.3 is 11.6 Å². The molecule has 1 aromatic carbocycles. The zero-order chi connectivity index (χ0) is 14.5. The van der Waals surface area contributed by atoms with Gasteiger partial charge in [-0.3, -0.25) is 10.1 Å². The largest absolute Gasteiger partial charge is 0.433 e. The van der Waals surface area contributed by atoms with Gasteiger partial charge in [-0.1, -0.05) is 18.2 Å². The van der Waals surface area contributed by atoms with E-state index in [0.717, 1.165) is 6.33 Å². The van der Waals surface area contributed by atoms with E-state index in [0.29, 0.717) is 17.7 Å². The van der Waals surface area contributed by atoms with Gasteiger partial charge in [-0.05, 0) is 18.1 Å². The molecular weight excluding hydrogens is 264 g/mol. The number of nitro groups is 1. The molecule has 1 aromatic heterocycles. The first-order chi connectivity index (χ1) is 9.63. The van der Waals surface area contributed by atoms with Crippen LogP contribution in [0.2, 0.25) is 0 Å². The Hall–Kier alpha value is -2.74. The van der Waals surface area contributed by atoms with Gasteiger partial charge in [-0.2, -0.15) is 4.98 Å². The second-order valence-corrected chi connectivity index (χ2v) is 3.85. The topological polar surface area (TPSA) is 124 Å². The molecule has 1 heterocycles. The van der Waals surface area contributed by atoms with Gasteiger partial charge in [0.2, 0.25) is 5.82 Å². The number of para-hydroxylation sites is 1. The van der Waals surface area contributed by atoms with E-state index in [1.54, 1.807) is 24.3 Å². The minimum atomic E-state index is -0.695. The Morgan fingerprint density at radius 2 is 2.10 bits per heavy atom. The molecular formula is C12H12N4O4. The molecule has 20 heavy (non-hydrogen) atoms. The third-order valence-electron chi connectivity index (χ3n) is 2.56. The molecule has 0 aliphatic carbocycles. The number of benzene rings is 1. The summed E-state index contributed by atoms with van der Waals surface area (Å²) in [5.41, 5.74) is 5.69. The smallest absolute Gasteiger partial charge is 0.372 e. The Labute approximate surface area is 114 Å². The number of aliphatic hydroxyl groups is 1. The van der Waals surface area contributed by atoms with Crippen LogP contribution >= 0.6 is 0 Å². The van der Waals surface area contributed by atoms with Crippen LogP contribution in [0.5, 0.6) is 11.6 Å². The average Bonchev–Trinajstić information content (AvgIpc) is 2.41. The first-order valence-electron chi connectivity index (χ1n) is 5.75. The van der Waals surface area contributed by atoms with Crippen LogP contribution in [0.3, 0.4) is 0 Å². The molecule has 104 valence electrons. The summed E-state index contributed by atoms with van der Waals surface area (Å²) in [5, 5.41) is 20.0. The lowest BCUT2D eigenvalue weighted by atomic mass is 10.1. The van der Waals surface area contributed by atoms with Crippen LogP contribution in [0, 0.1) is 10.1 Å². The van der Waals surface area contributed by atoms with Crippen molar-refractivity contribution in [3.63, 3.8) is 0 Å². The summed E-state index contributed by atoms with van der Waals surface area (Å²) >= 11 is 0. The molecule has 0 radical (unpaired) electrons. The van der Waals surface area contributed by atoms with Crippen molar-refractivity contribution >= 4 is 11.5 Å². The Balaban J connectivity index is 2.40. The number of hydrogen-bond acceptors (Lipinski definition) is 7. The number of anilines is 1. The summed E-state index contributed by atoms with van der Waals surface area (Å²) in [6, 6.07) is 6.88. The molecule has 0 amide bonds. The number of rotatable bonds is 5. The summed E-state index contributed by atoms with van der Waals surface area (Å²) in [7, 11) is 0. The maximum absolute atomic E-state index is 11.0. The molecule has 8 heteroatoms. The van der Waals surface area contributed by atoms with Crippen LogP contribution < -0.4 is 10.5 Å². The van der Waals surface area contributed by atoms with Gasteiger partial charge in [0, 0.05) is 6.61 Å². The van der Waals surface area contributed by atoms with E-state index >= 15 is 0 Å². The van der Waals surface area contributed by atoms with Gasteiger partial charge in [0.25, 0.3) is 0 Å². The van der Waals surface area contributed by atoms with E-state index in [-0.39, 0.29) is 18.3 Å². The first kappa shape index (κ1) is 13.7. The fraction of sp³-hybridized carbons (Fsp3) is 0.167. The molecule has 3 N–H and O–H groups in total. The van der Waals surface area contributed by atoms with Gasteiger partial charge in [0.15, 0.2) is 0 Å². The number of nitrogen functional groups attached to an aromatic ring is 1. The van der Waals surface area contributed by atoms with Gasteiger partial charge in [-0.25, -0.2) is 4.98 Å². The molecule has 2 aromatic rings. The highest BCUT2D eigenvalue weighted by atomic mass is 16.6. The van der Waals surface area contributed by atoms with Gasteiger partial charge < -0.3 is 15.6 Å². The maximum atomic E-state index is 11.0. The lowest BCUT2D eigenvalue weighted by molar-refractivity contribution is -0.385. The Morgan fingerprint density at radius 3 is 2.80 bits per heavy atom.